The lowest BCUT2D eigenvalue weighted by atomic mass is 10.1. The maximum Gasteiger partial charge on any atom is 0.252 e. The van der Waals surface area contributed by atoms with Gasteiger partial charge in [0.2, 0.25) is 0 Å². The molecule has 2 aromatic carbocycles. The summed E-state index contributed by atoms with van der Waals surface area (Å²) in [6.07, 6.45) is 2.52. The molecule has 26 heavy (non-hydrogen) atoms. The Bertz CT molecular complexity index is 912. The molecule has 1 amide bonds. The molecule has 0 unspecified atom stereocenters. The van der Waals surface area contributed by atoms with Crippen molar-refractivity contribution in [1.29, 1.82) is 0 Å². The lowest BCUT2D eigenvalue weighted by molar-refractivity contribution is 0.100. The number of hydrogen-bond donors (Lipinski definition) is 2. The molecular formula is C21H23FN2O2. The minimum absolute atomic E-state index is 0.0569. The van der Waals surface area contributed by atoms with Crippen molar-refractivity contribution in [1.82, 2.24) is 5.32 Å². The summed E-state index contributed by atoms with van der Waals surface area (Å²) in [7, 11) is 0. The van der Waals surface area contributed by atoms with E-state index in [1.165, 1.54) is 24.5 Å². The van der Waals surface area contributed by atoms with Crippen molar-refractivity contribution >= 4 is 16.9 Å². The first-order valence-electron chi connectivity index (χ1n) is 8.96. The van der Waals surface area contributed by atoms with E-state index in [4.69, 9.17) is 10.2 Å². The Hall–Kier alpha value is -2.66. The van der Waals surface area contributed by atoms with Crippen molar-refractivity contribution in [3.8, 4) is 11.3 Å². The maximum absolute atomic E-state index is 13.6. The molecule has 1 aliphatic carbocycles. The summed E-state index contributed by atoms with van der Waals surface area (Å²) < 4.78 is 19.4. The summed E-state index contributed by atoms with van der Waals surface area (Å²) in [4.78, 5) is 11.5. The number of rotatable bonds is 5. The Morgan fingerprint density at radius 1 is 1.19 bits per heavy atom. The standard InChI is InChI=1S/C19H17FN2O2.C2H6/c20-14-7-13-8-17(24-18(13)16(9-14)19(21)23)12-3-1-11(2-4-12)10-22-15-5-6-15;1-2/h1-4,7-9,15,22H,5-6,10H2,(H2,21,23);1-2H3. The van der Waals surface area contributed by atoms with Gasteiger partial charge in [0, 0.05) is 23.5 Å². The smallest absolute Gasteiger partial charge is 0.252 e. The highest BCUT2D eigenvalue weighted by Gasteiger charge is 2.20. The minimum Gasteiger partial charge on any atom is -0.455 e. The van der Waals surface area contributed by atoms with E-state index in [1.807, 2.05) is 38.1 Å². The minimum atomic E-state index is -0.707. The van der Waals surface area contributed by atoms with Crippen LogP contribution in [0.3, 0.4) is 0 Å². The lowest BCUT2D eigenvalue weighted by Gasteiger charge is -2.04. The van der Waals surface area contributed by atoms with E-state index in [2.05, 4.69) is 5.32 Å². The average Bonchev–Trinajstić information content (AvgIpc) is 3.39. The molecule has 1 saturated carbocycles. The third-order valence-electron chi connectivity index (χ3n) is 4.26. The van der Waals surface area contributed by atoms with E-state index in [1.54, 1.807) is 6.07 Å². The van der Waals surface area contributed by atoms with Crippen molar-refractivity contribution in [3.63, 3.8) is 0 Å². The maximum atomic E-state index is 13.6. The third kappa shape index (κ3) is 3.94. The highest BCUT2D eigenvalue weighted by molar-refractivity contribution is 6.04. The number of carbonyl (C=O) groups is 1. The Kier molecular flexibility index (Phi) is 5.38. The van der Waals surface area contributed by atoms with Gasteiger partial charge in [0.25, 0.3) is 5.91 Å². The van der Waals surface area contributed by atoms with Gasteiger partial charge in [-0.2, -0.15) is 0 Å². The second kappa shape index (κ2) is 7.70. The molecule has 1 fully saturated rings. The summed E-state index contributed by atoms with van der Waals surface area (Å²) in [5, 5.41) is 3.99. The van der Waals surface area contributed by atoms with E-state index < -0.39 is 11.7 Å². The second-order valence-electron chi connectivity index (χ2n) is 6.20. The van der Waals surface area contributed by atoms with Gasteiger partial charge in [-0.05, 0) is 36.6 Å². The third-order valence-corrected chi connectivity index (χ3v) is 4.26. The largest absolute Gasteiger partial charge is 0.455 e. The van der Waals surface area contributed by atoms with Gasteiger partial charge in [-0.25, -0.2) is 4.39 Å². The van der Waals surface area contributed by atoms with Crippen LogP contribution in [0.4, 0.5) is 4.39 Å². The zero-order chi connectivity index (χ0) is 18.7. The van der Waals surface area contributed by atoms with Gasteiger partial charge >= 0.3 is 0 Å². The first-order chi connectivity index (χ1) is 12.6. The van der Waals surface area contributed by atoms with Gasteiger partial charge in [-0.1, -0.05) is 38.1 Å². The predicted molar refractivity (Wildman–Crippen MR) is 101 cm³/mol. The van der Waals surface area contributed by atoms with Gasteiger partial charge in [-0.15, -0.1) is 0 Å². The lowest BCUT2D eigenvalue weighted by Crippen LogP contribution is -2.14. The summed E-state index contributed by atoms with van der Waals surface area (Å²) in [6.45, 7) is 4.85. The number of nitrogens with one attached hydrogen (secondary N) is 1. The van der Waals surface area contributed by atoms with Crippen LogP contribution in [-0.4, -0.2) is 11.9 Å². The topological polar surface area (TPSA) is 68.3 Å². The summed E-state index contributed by atoms with van der Waals surface area (Å²) in [5.74, 6) is -0.633. The fraction of sp³-hybridized carbons (Fsp3) is 0.286. The van der Waals surface area contributed by atoms with Crippen molar-refractivity contribution in [2.24, 2.45) is 5.73 Å². The van der Waals surface area contributed by atoms with Crippen molar-refractivity contribution in [2.75, 3.05) is 0 Å². The molecule has 0 bridgehead atoms. The molecule has 0 saturated heterocycles. The number of furan rings is 1. The zero-order valence-corrected chi connectivity index (χ0v) is 15.0. The summed E-state index contributed by atoms with van der Waals surface area (Å²) in [6, 6.07) is 12.8. The van der Waals surface area contributed by atoms with E-state index in [0.717, 1.165) is 18.2 Å². The van der Waals surface area contributed by atoms with Gasteiger partial charge in [0.05, 0.1) is 5.56 Å². The summed E-state index contributed by atoms with van der Waals surface area (Å²) in [5.41, 5.74) is 7.75. The molecule has 0 radical (unpaired) electrons. The molecule has 3 N–H and O–H groups in total. The van der Waals surface area contributed by atoms with Crippen LogP contribution < -0.4 is 11.1 Å². The van der Waals surface area contributed by atoms with Gasteiger partial charge in [0.15, 0.2) is 0 Å². The van der Waals surface area contributed by atoms with Crippen molar-refractivity contribution < 1.29 is 13.6 Å². The van der Waals surface area contributed by atoms with E-state index in [9.17, 15) is 9.18 Å². The molecule has 3 aromatic rings. The fourth-order valence-electron chi connectivity index (χ4n) is 2.78. The van der Waals surface area contributed by atoms with Gasteiger partial charge < -0.3 is 15.5 Å². The monoisotopic (exact) mass is 354 g/mol. The number of benzene rings is 2. The molecule has 4 rings (SSSR count). The molecule has 4 nitrogen and oxygen atoms in total. The van der Waals surface area contributed by atoms with Crippen LogP contribution in [0.25, 0.3) is 22.3 Å². The Balaban J connectivity index is 0.000000948. The molecule has 0 spiro atoms. The quantitative estimate of drug-likeness (QED) is 0.703. The predicted octanol–water partition coefficient (Wildman–Crippen LogP) is 4.62. The van der Waals surface area contributed by atoms with Crippen LogP contribution in [-0.2, 0) is 6.54 Å². The number of carbonyl (C=O) groups excluding carboxylic acids is 1. The van der Waals surface area contributed by atoms with Crippen LogP contribution in [0.2, 0.25) is 0 Å². The average molecular weight is 354 g/mol. The van der Waals surface area contributed by atoms with E-state index in [-0.39, 0.29) is 5.56 Å². The Labute approximate surface area is 152 Å². The molecule has 1 aliphatic rings. The summed E-state index contributed by atoms with van der Waals surface area (Å²) >= 11 is 0. The first-order valence-corrected chi connectivity index (χ1v) is 8.96. The molecule has 1 aromatic heterocycles. The molecule has 5 heteroatoms. The van der Waals surface area contributed by atoms with Crippen LogP contribution >= 0.6 is 0 Å². The van der Waals surface area contributed by atoms with E-state index in [0.29, 0.717) is 22.8 Å². The van der Waals surface area contributed by atoms with Crippen LogP contribution in [0.1, 0.15) is 42.6 Å². The van der Waals surface area contributed by atoms with Crippen LogP contribution in [0.5, 0.6) is 0 Å². The number of fused-ring (bicyclic) bond motifs is 1. The SMILES string of the molecule is CC.NC(=O)c1cc(F)cc2cc(-c3ccc(CNC4CC4)cc3)oc12. The number of nitrogens with two attached hydrogens (primary N) is 1. The van der Waals surface area contributed by atoms with Gasteiger partial charge in [0.1, 0.15) is 17.2 Å². The zero-order valence-electron chi connectivity index (χ0n) is 15.0. The molecule has 1 heterocycles. The van der Waals surface area contributed by atoms with Crippen LogP contribution in [0, 0.1) is 5.82 Å². The number of hydrogen-bond acceptors (Lipinski definition) is 3. The first kappa shape index (κ1) is 18.1. The second-order valence-corrected chi connectivity index (χ2v) is 6.20. The molecule has 0 atom stereocenters. The molecule has 136 valence electrons. The highest BCUT2D eigenvalue weighted by Crippen LogP contribution is 2.31. The Morgan fingerprint density at radius 3 is 2.50 bits per heavy atom. The van der Waals surface area contributed by atoms with Crippen LogP contribution in [0.15, 0.2) is 46.9 Å². The van der Waals surface area contributed by atoms with Gasteiger partial charge in [-0.3, -0.25) is 4.79 Å². The Morgan fingerprint density at radius 2 is 1.88 bits per heavy atom. The van der Waals surface area contributed by atoms with E-state index >= 15 is 0 Å². The number of primary amides is 1. The number of halogens is 1. The van der Waals surface area contributed by atoms with Crippen molar-refractivity contribution in [2.45, 2.75) is 39.3 Å². The highest BCUT2D eigenvalue weighted by atomic mass is 19.1. The normalized spacial score (nSPS) is 13.3. The number of amides is 1. The van der Waals surface area contributed by atoms with Crippen molar-refractivity contribution in [3.05, 3.63) is 59.4 Å². The molecule has 0 aliphatic heterocycles. The fourth-order valence-corrected chi connectivity index (χ4v) is 2.78. The molecular weight excluding hydrogens is 331 g/mol.